The molecular weight excluding hydrogens is 390 g/mol. The number of nitrogen functional groups attached to an aromatic ring is 1. The fraction of sp³-hybridized carbons (Fsp3) is 0.400. The molecule has 154 valence electrons. The van der Waals surface area contributed by atoms with Crippen LogP contribution in [0.4, 0.5) is 5.82 Å². The summed E-state index contributed by atoms with van der Waals surface area (Å²) in [5.74, 6) is -0.211. The largest absolute Gasteiger partial charge is 0.462 e. The highest BCUT2D eigenvalue weighted by molar-refractivity contribution is 7.99. The molecule has 8 nitrogen and oxygen atoms in total. The maximum atomic E-state index is 12.5. The van der Waals surface area contributed by atoms with Gasteiger partial charge in [-0.1, -0.05) is 42.1 Å². The number of carbonyl (C=O) groups is 2. The van der Waals surface area contributed by atoms with E-state index in [-0.39, 0.29) is 29.6 Å². The topological polar surface area (TPSA) is 102 Å². The molecule has 2 aromatic rings. The summed E-state index contributed by atoms with van der Waals surface area (Å²) in [7, 11) is 0. The molecule has 0 radical (unpaired) electrons. The minimum Gasteiger partial charge on any atom is -0.462 e. The van der Waals surface area contributed by atoms with Gasteiger partial charge in [0.2, 0.25) is 5.91 Å². The van der Waals surface area contributed by atoms with Gasteiger partial charge in [-0.3, -0.25) is 9.69 Å². The first-order valence-electron chi connectivity index (χ1n) is 9.53. The number of hydrogen-bond acceptors (Lipinski definition) is 8. The molecule has 1 aliphatic heterocycles. The first-order chi connectivity index (χ1) is 14.1. The Morgan fingerprint density at radius 3 is 2.55 bits per heavy atom. The maximum absolute atomic E-state index is 12.5. The first-order valence-corrected chi connectivity index (χ1v) is 10.5. The predicted octanol–water partition coefficient (Wildman–Crippen LogP) is 1.67. The highest BCUT2D eigenvalue weighted by Crippen LogP contribution is 2.18. The molecule has 1 saturated heterocycles. The summed E-state index contributed by atoms with van der Waals surface area (Å²) in [5.41, 5.74) is 7.23. The molecule has 0 bridgehead atoms. The number of nitrogens with zero attached hydrogens (tertiary/aromatic N) is 4. The van der Waals surface area contributed by atoms with E-state index in [4.69, 9.17) is 10.5 Å². The molecule has 1 amide bonds. The van der Waals surface area contributed by atoms with E-state index < -0.39 is 5.97 Å². The summed E-state index contributed by atoms with van der Waals surface area (Å²) in [6.45, 7) is 5.98. The van der Waals surface area contributed by atoms with Crippen LogP contribution in [0.25, 0.3) is 0 Å². The van der Waals surface area contributed by atoms with E-state index in [1.807, 2.05) is 23.1 Å². The van der Waals surface area contributed by atoms with E-state index in [1.54, 1.807) is 6.92 Å². The maximum Gasteiger partial charge on any atom is 0.343 e. The Balaban J connectivity index is 1.45. The molecule has 3 rings (SSSR count). The number of piperazine rings is 1. The molecule has 29 heavy (non-hydrogen) atoms. The fourth-order valence-corrected chi connectivity index (χ4v) is 3.75. The van der Waals surface area contributed by atoms with Crippen molar-refractivity contribution in [2.45, 2.75) is 18.6 Å². The number of amides is 1. The van der Waals surface area contributed by atoms with E-state index in [0.717, 1.165) is 19.6 Å². The predicted molar refractivity (Wildman–Crippen MR) is 111 cm³/mol. The van der Waals surface area contributed by atoms with Gasteiger partial charge in [-0.25, -0.2) is 14.8 Å². The Labute approximate surface area is 174 Å². The molecule has 1 aliphatic rings. The number of anilines is 1. The number of esters is 1. The Bertz CT molecular complexity index is 841. The molecule has 1 fully saturated rings. The van der Waals surface area contributed by atoms with Crippen LogP contribution in [0.15, 0.2) is 41.7 Å². The van der Waals surface area contributed by atoms with Crippen LogP contribution in [0.3, 0.4) is 0 Å². The Morgan fingerprint density at radius 1 is 1.17 bits per heavy atom. The normalized spacial score (nSPS) is 14.6. The lowest BCUT2D eigenvalue weighted by Gasteiger charge is -2.34. The monoisotopic (exact) mass is 415 g/mol. The van der Waals surface area contributed by atoms with Crippen LogP contribution in [0.2, 0.25) is 0 Å². The number of benzene rings is 1. The van der Waals surface area contributed by atoms with Crippen LogP contribution in [0.1, 0.15) is 22.8 Å². The number of ether oxygens (including phenoxy) is 1. The number of thioether (sulfide) groups is 1. The van der Waals surface area contributed by atoms with Crippen LogP contribution in [-0.4, -0.2) is 70.2 Å². The minimum atomic E-state index is -0.550. The number of aromatic nitrogens is 2. The van der Waals surface area contributed by atoms with E-state index in [0.29, 0.717) is 18.2 Å². The van der Waals surface area contributed by atoms with Gasteiger partial charge < -0.3 is 15.4 Å². The number of nitrogens with two attached hydrogens (primary N) is 1. The minimum absolute atomic E-state index is 0.0472. The van der Waals surface area contributed by atoms with E-state index in [2.05, 4.69) is 27.0 Å². The lowest BCUT2D eigenvalue weighted by atomic mass is 10.2. The van der Waals surface area contributed by atoms with Crippen molar-refractivity contribution in [1.82, 2.24) is 19.8 Å². The van der Waals surface area contributed by atoms with Gasteiger partial charge in [-0.2, -0.15) is 0 Å². The highest BCUT2D eigenvalue weighted by Gasteiger charge is 2.22. The molecule has 0 saturated carbocycles. The van der Waals surface area contributed by atoms with Crippen LogP contribution < -0.4 is 5.73 Å². The molecule has 2 heterocycles. The third-order valence-electron chi connectivity index (χ3n) is 4.59. The molecule has 0 unspecified atom stereocenters. The van der Waals surface area contributed by atoms with Crippen molar-refractivity contribution in [1.29, 1.82) is 0 Å². The number of hydrogen-bond donors (Lipinski definition) is 1. The van der Waals surface area contributed by atoms with Gasteiger partial charge in [0.25, 0.3) is 0 Å². The van der Waals surface area contributed by atoms with Gasteiger partial charge in [-0.05, 0) is 12.5 Å². The van der Waals surface area contributed by atoms with Gasteiger partial charge in [0.15, 0.2) is 5.16 Å². The quantitative estimate of drug-likeness (QED) is 0.414. The van der Waals surface area contributed by atoms with Crippen molar-refractivity contribution in [2.75, 3.05) is 44.3 Å². The Hall–Kier alpha value is -2.65. The van der Waals surface area contributed by atoms with Crippen molar-refractivity contribution < 1.29 is 14.3 Å². The van der Waals surface area contributed by atoms with Crippen molar-refractivity contribution in [3.05, 3.63) is 47.7 Å². The third-order valence-corrected chi connectivity index (χ3v) is 5.44. The molecule has 0 aliphatic carbocycles. The van der Waals surface area contributed by atoms with Gasteiger partial charge in [0, 0.05) is 38.9 Å². The number of rotatable bonds is 7. The van der Waals surface area contributed by atoms with E-state index >= 15 is 0 Å². The summed E-state index contributed by atoms with van der Waals surface area (Å²) >= 11 is 1.21. The van der Waals surface area contributed by atoms with Crippen molar-refractivity contribution in [2.24, 2.45) is 0 Å². The number of carbonyl (C=O) groups excluding carboxylic acids is 2. The van der Waals surface area contributed by atoms with Gasteiger partial charge in [-0.15, -0.1) is 0 Å². The van der Waals surface area contributed by atoms with Crippen LogP contribution in [-0.2, 0) is 16.1 Å². The highest BCUT2D eigenvalue weighted by atomic mass is 32.2. The Kier molecular flexibility index (Phi) is 7.42. The summed E-state index contributed by atoms with van der Waals surface area (Å²) in [6, 6.07) is 10.3. The van der Waals surface area contributed by atoms with Crippen molar-refractivity contribution >= 4 is 29.5 Å². The lowest BCUT2D eigenvalue weighted by Crippen LogP contribution is -2.48. The summed E-state index contributed by atoms with van der Waals surface area (Å²) in [4.78, 5) is 36.7. The summed E-state index contributed by atoms with van der Waals surface area (Å²) < 4.78 is 4.90. The van der Waals surface area contributed by atoms with E-state index in [1.165, 1.54) is 23.5 Å². The average Bonchev–Trinajstić information content (AvgIpc) is 2.73. The zero-order valence-corrected chi connectivity index (χ0v) is 17.2. The van der Waals surface area contributed by atoms with Crippen LogP contribution in [0.5, 0.6) is 0 Å². The molecule has 9 heteroatoms. The molecule has 1 aromatic heterocycles. The lowest BCUT2D eigenvalue weighted by molar-refractivity contribution is -0.130. The SMILES string of the molecule is CCOC(=O)c1cnc(SCC(=O)N2CCN(Cc3ccccc3)CC2)nc1N. The second-order valence-corrected chi connectivity index (χ2v) is 7.55. The molecule has 0 spiro atoms. The van der Waals surface area contributed by atoms with Gasteiger partial charge in [0.1, 0.15) is 11.4 Å². The van der Waals surface area contributed by atoms with Crippen molar-refractivity contribution in [3.63, 3.8) is 0 Å². The molecule has 0 atom stereocenters. The smallest absolute Gasteiger partial charge is 0.343 e. The zero-order valence-electron chi connectivity index (χ0n) is 16.4. The standard InChI is InChI=1S/C20H25N5O3S/c1-2-28-19(27)16-12-22-20(23-18(16)21)29-14-17(26)25-10-8-24(9-11-25)13-15-6-4-3-5-7-15/h3-7,12H,2,8-11,13-14H2,1H3,(H2,21,22,23). The second kappa shape index (κ2) is 10.2. The van der Waals surface area contributed by atoms with Crippen LogP contribution >= 0.6 is 11.8 Å². The summed E-state index contributed by atoms with van der Waals surface area (Å²) in [5, 5.41) is 0.367. The van der Waals surface area contributed by atoms with E-state index in [9.17, 15) is 9.59 Å². The third kappa shape index (κ3) is 5.91. The average molecular weight is 416 g/mol. The summed E-state index contributed by atoms with van der Waals surface area (Å²) in [6.07, 6.45) is 1.34. The van der Waals surface area contributed by atoms with Crippen LogP contribution in [0, 0.1) is 0 Å². The van der Waals surface area contributed by atoms with Crippen molar-refractivity contribution in [3.8, 4) is 0 Å². The molecular formula is C20H25N5O3S. The first kappa shape index (κ1) is 21.1. The Morgan fingerprint density at radius 2 is 1.90 bits per heavy atom. The van der Waals surface area contributed by atoms with Gasteiger partial charge >= 0.3 is 5.97 Å². The zero-order chi connectivity index (χ0) is 20.6. The molecule has 1 aromatic carbocycles. The van der Waals surface area contributed by atoms with Gasteiger partial charge in [0.05, 0.1) is 12.4 Å². The molecule has 2 N–H and O–H groups in total. The second-order valence-electron chi connectivity index (χ2n) is 6.60. The fourth-order valence-electron chi connectivity index (χ4n) is 3.03.